The van der Waals surface area contributed by atoms with Gasteiger partial charge in [0, 0.05) is 61.8 Å². The summed E-state index contributed by atoms with van der Waals surface area (Å²) in [6, 6.07) is 1.40. The lowest BCUT2D eigenvalue weighted by atomic mass is 9.95. The van der Waals surface area contributed by atoms with Crippen molar-refractivity contribution < 1.29 is 18.4 Å². The molecule has 2 amide bonds. The summed E-state index contributed by atoms with van der Waals surface area (Å²) < 4.78 is 28.2. The lowest BCUT2D eigenvalue weighted by Crippen LogP contribution is -2.39. The van der Waals surface area contributed by atoms with E-state index in [0.29, 0.717) is 42.8 Å². The summed E-state index contributed by atoms with van der Waals surface area (Å²) in [6.07, 6.45) is 1.56. The van der Waals surface area contributed by atoms with Crippen LogP contribution in [0.15, 0.2) is 24.7 Å². The Morgan fingerprint density at radius 1 is 1.20 bits per heavy atom. The Balaban J connectivity index is 1.61. The van der Waals surface area contributed by atoms with E-state index < -0.39 is 12.3 Å². The number of hydrogen-bond acceptors (Lipinski definition) is 6. The smallest absolute Gasteiger partial charge is 0.315 e. The monoisotopic (exact) mass is 523 g/mol. The number of aromatic nitrogens is 3. The van der Waals surface area contributed by atoms with Crippen molar-refractivity contribution in [3.63, 3.8) is 0 Å². The summed E-state index contributed by atoms with van der Waals surface area (Å²) in [5.41, 5.74) is 9.11. The summed E-state index contributed by atoms with van der Waals surface area (Å²) in [5.74, 6) is -1.59. The number of alkyl halides is 2. The minimum atomic E-state index is -3.19. The van der Waals surface area contributed by atoms with E-state index in [1.54, 1.807) is 17.3 Å². The zero-order valence-electron chi connectivity index (χ0n) is 18.3. The minimum Gasteiger partial charge on any atom is -0.340 e. The average Bonchev–Trinajstić information content (AvgIpc) is 3.48. The van der Waals surface area contributed by atoms with Crippen molar-refractivity contribution in [1.82, 2.24) is 30.3 Å². The first-order valence-electron chi connectivity index (χ1n) is 11.0. The van der Waals surface area contributed by atoms with Gasteiger partial charge >= 0.3 is 6.43 Å². The number of nitrogens with zero attached hydrogens (tertiary/aromatic N) is 4. The van der Waals surface area contributed by atoms with Crippen LogP contribution in [-0.2, 0) is 29.1 Å². The Morgan fingerprint density at radius 3 is 2.66 bits per heavy atom. The van der Waals surface area contributed by atoms with Gasteiger partial charge in [0.25, 0.3) is 5.91 Å². The number of halogens is 4. The fourth-order valence-electron chi connectivity index (χ4n) is 4.75. The Hall–Kier alpha value is -2.86. The third kappa shape index (κ3) is 4.44. The topological polar surface area (TPSA) is 104 Å². The van der Waals surface area contributed by atoms with E-state index in [1.165, 1.54) is 12.3 Å². The molecule has 3 N–H and O–H groups in total. The fourth-order valence-corrected chi connectivity index (χ4v) is 5.20. The van der Waals surface area contributed by atoms with Gasteiger partial charge in [-0.05, 0) is 11.6 Å². The van der Waals surface area contributed by atoms with E-state index in [4.69, 9.17) is 23.2 Å². The SMILES string of the molecule is O=C(Nc1cc(Cl)c(Cl)c2c1c(C1CNNC1)c1n2CCN(C(=O)Cc2cnccn2)C1)C(F)F. The van der Waals surface area contributed by atoms with E-state index in [-0.39, 0.29) is 40.5 Å². The fraction of sp³-hybridized carbons (Fsp3) is 0.364. The van der Waals surface area contributed by atoms with Crippen LogP contribution in [0, 0.1) is 0 Å². The summed E-state index contributed by atoms with van der Waals surface area (Å²) in [6.45, 7) is 2.27. The molecule has 5 rings (SSSR count). The van der Waals surface area contributed by atoms with Gasteiger partial charge in [-0.15, -0.1) is 0 Å². The zero-order valence-corrected chi connectivity index (χ0v) is 19.8. The van der Waals surface area contributed by atoms with Crippen molar-refractivity contribution in [2.75, 3.05) is 25.0 Å². The van der Waals surface area contributed by atoms with Crippen molar-refractivity contribution in [2.24, 2.45) is 0 Å². The highest BCUT2D eigenvalue weighted by molar-refractivity contribution is 6.46. The van der Waals surface area contributed by atoms with E-state index in [2.05, 4.69) is 26.1 Å². The van der Waals surface area contributed by atoms with Gasteiger partial charge in [0.05, 0.1) is 39.9 Å². The highest BCUT2D eigenvalue weighted by atomic mass is 35.5. The second kappa shape index (κ2) is 9.65. The molecule has 35 heavy (non-hydrogen) atoms. The number of benzene rings is 1. The number of fused-ring (bicyclic) bond motifs is 3. The predicted molar refractivity (Wildman–Crippen MR) is 126 cm³/mol. The van der Waals surface area contributed by atoms with Gasteiger partial charge in [0.15, 0.2) is 0 Å². The standard InChI is InChI=1S/C22H21Cl2F2N7O2/c23-13-6-14(31-22(35)21(25)26)18-17(11-7-29-30-8-11)15-10-32(3-4-33(15)20(18)19(13)24)16(34)5-12-9-27-1-2-28-12/h1-2,6,9,11,21,29-30H,3-5,7-8,10H2,(H,31,35). The van der Waals surface area contributed by atoms with Crippen LogP contribution in [0.2, 0.25) is 10.0 Å². The van der Waals surface area contributed by atoms with Crippen molar-refractivity contribution in [3.05, 3.63) is 51.7 Å². The van der Waals surface area contributed by atoms with Crippen LogP contribution in [0.1, 0.15) is 22.9 Å². The van der Waals surface area contributed by atoms with Gasteiger partial charge in [-0.3, -0.25) is 30.4 Å². The lowest BCUT2D eigenvalue weighted by Gasteiger charge is -2.30. The van der Waals surface area contributed by atoms with Crippen LogP contribution >= 0.6 is 23.2 Å². The molecule has 2 aliphatic rings. The molecule has 0 atom stereocenters. The number of hydrazine groups is 1. The molecule has 4 heterocycles. The van der Waals surface area contributed by atoms with Crippen molar-refractivity contribution in [1.29, 1.82) is 0 Å². The molecule has 1 fully saturated rings. The first-order chi connectivity index (χ1) is 16.8. The molecule has 184 valence electrons. The summed E-state index contributed by atoms with van der Waals surface area (Å²) in [5, 5.41) is 3.27. The molecule has 9 nitrogen and oxygen atoms in total. The Kier molecular flexibility index (Phi) is 6.58. The molecule has 13 heteroatoms. The predicted octanol–water partition coefficient (Wildman–Crippen LogP) is 2.72. The van der Waals surface area contributed by atoms with Crippen molar-refractivity contribution in [3.8, 4) is 0 Å². The highest BCUT2D eigenvalue weighted by Gasteiger charge is 2.34. The van der Waals surface area contributed by atoms with E-state index in [9.17, 15) is 18.4 Å². The second-order valence-corrected chi connectivity index (χ2v) is 9.18. The maximum Gasteiger partial charge on any atom is 0.315 e. The highest BCUT2D eigenvalue weighted by Crippen LogP contribution is 2.45. The van der Waals surface area contributed by atoms with Gasteiger partial charge in [0.1, 0.15) is 0 Å². The molecule has 1 aromatic carbocycles. The van der Waals surface area contributed by atoms with Crippen molar-refractivity contribution in [2.45, 2.75) is 31.9 Å². The molecule has 0 saturated carbocycles. The normalized spacial score (nSPS) is 16.2. The molecule has 0 unspecified atom stereocenters. The minimum absolute atomic E-state index is 0.0526. The number of carbonyl (C=O) groups excluding carboxylic acids is 2. The van der Waals surface area contributed by atoms with Crippen LogP contribution in [0.4, 0.5) is 14.5 Å². The number of amides is 2. The van der Waals surface area contributed by atoms with Crippen LogP contribution < -0.4 is 16.2 Å². The molecule has 3 aromatic rings. The van der Waals surface area contributed by atoms with Gasteiger partial charge < -0.3 is 14.8 Å². The van der Waals surface area contributed by atoms with Crippen LogP contribution in [-0.4, -0.2) is 57.3 Å². The first kappa shape index (κ1) is 23.9. The average molecular weight is 524 g/mol. The third-order valence-electron chi connectivity index (χ3n) is 6.29. The quantitative estimate of drug-likeness (QED) is 0.475. The molecule has 0 aliphatic carbocycles. The molecule has 2 aliphatic heterocycles. The molecule has 0 radical (unpaired) electrons. The van der Waals surface area contributed by atoms with Crippen LogP contribution in [0.5, 0.6) is 0 Å². The second-order valence-electron chi connectivity index (χ2n) is 8.39. The maximum atomic E-state index is 13.1. The number of nitrogens with one attached hydrogen (secondary N) is 3. The van der Waals surface area contributed by atoms with E-state index >= 15 is 0 Å². The van der Waals surface area contributed by atoms with Gasteiger partial charge in [-0.1, -0.05) is 23.2 Å². The van der Waals surface area contributed by atoms with Crippen molar-refractivity contribution >= 4 is 51.6 Å². The number of anilines is 1. The Bertz CT molecular complexity index is 1300. The molecular formula is C22H21Cl2F2N7O2. The molecule has 2 aromatic heterocycles. The van der Waals surface area contributed by atoms with E-state index in [1.807, 2.05) is 4.57 Å². The Morgan fingerprint density at radius 2 is 1.97 bits per heavy atom. The number of rotatable bonds is 5. The lowest BCUT2D eigenvalue weighted by molar-refractivity contribution is -0.132. The van der Waals surface area contributed by atoms with Crippen LogP contribution in [0.3, 0.4) is 0 Å². The molecule has 0 spiro atoms. The Labute approximate surface area is 208 Å². The van der Waals surface area contributed by atoms with E-state index in [0.717, 1.165) is 11.3 Å². The third-order valence-corrected chi connectivity index (χ3v) is 7.07. The first-order valence-corrected chi connectivity index (χ1v) is 11.7. The number of hydrogen-bond donors (Lipinski definition) is 3. The molecular weight excluding hydrogens is 503 g/mol. The van der Waals surface area contributed by atoms with Crippen LogP contribution in [0.25, 0.3) is 10.9 Å². The van der Waals surface area contributed by atoms with Gasteiger partial charge in [-0.25, -0.2) is 0 Å². The summed E-state index contributed by atoms with van der Waals surface area (Å²) >= 11 is 13.0. The summed E-state index contributed by atoms with van der Waals surface area (Å²) in [4.78, 5) is 34.9. The largest absolute Gasteiger partial charge is 0.340 e. The molecule has 1 saturated heterocycles. The van der Waals surface area contributed by atoms with Gasteiger partial charge in [-0.2, -0.15) is 8.78 Å². The van der Waals surface area contributed by atoms with Gasteiger partial charge in [0.2, 0.25) is 5.91 Å². The number of carbonyl (C=O) groups is 2. The molecule has 0 bridgehead atoms. The maximum absolute atomic E-state index is 13.1. The zero-order chi connectivity index (χ0) is 24.7. The summed E-state index contributed by atoms with van der Waals surface area (Å²) in [7, 11) is 0.